The van der Waals surface area contributed by atoms with Gasteiger partial charge in [0.15, 0.2) is 12.8 Å². The van der Waals surface area contributed by atoms with E-state index in [4.69, 9.17) is 0 Å². The maximum Gasteiger partial charge on any atom is 0.204 e. The average Bonchev–Trinajstić information content (AvgIpc) is 2.61. The van der Waals surface area contributed by atoms with E-state index < -0.39 is 0 Å². The normalized spacial score (nSPS) is 10.3. The fourth-order valence-corrected chi connectivity index (χ4v) is 2.68. The van der Waals surface area contributed by atoms with Crippen molar-refractivity contribution in [1.82, 2.24) is 4.68 Å². The van der Waals surface area contributed by atoms with E-state index >= 15 is 0 Å². The lowest BCUT2D eigenvalue weighted by Gasteiger charge is -2.09. The van der Waals surface area contributed by atoms with Gasteiger partial charge in [0.2, 0.25) is 5.69 Å². The number of hydrogen-bond donors (Lipinski definition) is 0. The van der Waals surface area contributed by atoms with Gasteiger partial charge in [0.25, 0.3) is 0 Å². The Morgan fingerprint density at radius 3 is 2.19 bits per heavy atom. The molecule has 0 fully saturated rings. The number of hydrogen-bond acceptors (Lipinski definition) is 1. The van der Waals surface area contributed by atoms with Gasteiger partial charge in [0.1, 0.15) is 6.54 Å². The largest absolute Gasteiger partial charge is 1.00 e. The molecule has 2 rings (SSSR count). The second-order valence-electron chi connectivity index (χ2n) is 5.59. The third-order valence-electron chi connectivity index (χ3n) is 4.04. The number of rotatable bonds is 4. The van der Waals surface area contributed by atoms with Gasteiger partial charge < -0.3 is 17.0 Å². The number of halogens is 1. The Balaban J connectivity index is 0.00000220. The quantitative estimate of drug-likeness (QED) is 0.673. The summed E-state index contributed by atoms with van der Waals surface area (Å²) in [4.78, 5) is 12.4. The summed E-state index contributed by atoms with van der Waals surface area (Å²) in [5, 5.41) is 0. The molecule has 0 bridgehead atoms. The standard InChI is InChI=1S/C17H23N2O.BrH/c1-12-7-6-8-13(2)17(12)10-16(20)11-19-15(4)9-14(3)18(19)5;/h6-9H,10-11H2,1-5H3;1H/q+1;/p-1. The van der Waals surface area contributed by atoms with Gasteiger partial charge >= 0.3 is 0 Å². The lowest BCUT2D eigenvalue weighted by molar-refractivity contribution is -0.757. The number of ketones is 1. The smallest absolute Gasteiger partial charge is 0.204 e. The number of Topliss-reactive ketones (excluding diaryl/α,β-unsaturated/α-hetero) is 1. The van der Waals surface area contributed by atoms with Crippen LogP contribution in [0.5, 0.6) is 0 Å². The molecule has 0 aliphatic carbocycles. The summed E-state index contributed by atoms with van der Waals surface area (Å²) in [5.41, 5.74) is 5.86. The van der Waals surface area contributed by atoms with Gasteiger partial charge in [-0.05, 0) is 37.5 Å². The molecule has 0 radical (unpaired) electrons. The van der Waals surface area contributed by atoms with Crippen LogP contribution >= 0.6 is 0 Å². The predicted octanol–water partition coefficient (Wildman–Crippen LogP) is -0.638. The Bertz CT molecular complexity index is 639. The number of carbonyl (C=O) groups excluding carboxylic acids is 1. The van der Waals surface area contributed by atoms with Gasteiger partial charge in [0, 0.05) is 19.4 Å². The summed E-state index contributed by atoms with van der Waals surface area (Å²) in [7, 11) is 1.99. The molecule has 0 aliphatic heterocycles. The molecule has 1 aromatic carbocycles. The van der Waals surface area contributed by atoms with Gasteiger partial charge in [-0.3, -0.25) is 4.79 Å². The van der Waals surface area contributed by atoms with E-state index in [9.17, 15) is 4.79 Å². The number of carbonyl (C=O) groups is 1. The third kappa shape index (κ3) is 3.82. The first-order chi connectivity index (χ1) is 9.40. The Morgan fingerprint density at radius 2 is 1.71 bits per heavy atom. The molecule has 0 amide bonds. The van der Waals surface area contributed by atoms with Crippen LogP contribution in [-0.2, 0) is 24.8 Å². The minimum Gasteiger partial charge on any atom is -1.00 e. The number of benzene rings is 1. The number of aromatic nitrogens is 2. The molecule has 0 saturated carbocycles. The highest BCUT2D eigenvalue weighted by Crippen LogP contribution is 2.14. The highest BCUT2D eigenvalue weighted by Gasteiger charge is 2.17. The zero-order valence-electron chi connectivity index (χ0n) is 13.4. The summed E-state index contributed by atoms with van der Waals surface area (Å²) in [5.74, 6) is 0.247. The van der Waals surface area contributed by atoms with Crippen LogP contribution in [-0.4, -0.2) is 10.5 Å². The highest BCUT2D eigenvalue weighted by atomic mass is 79.9. The van der Waals surface area contributed by atoms with Crippen molar-refractivity contribution in [1.29, 1.82) is 0 Å². The number of aryl methyl sites for hydroxylation is 4. The van der Waals surface area contributed by atoms with Crippen LogP contribution < -0.4 is 21.7 Å². The summed E-state index contributed by atoms with van der Waals surface area (Å²) in [6.07, 6.45) is 0.509. The molecular weight excluding hydrogens is 328 g/mol. The second-order valence-corrected chi connectivity index (χ2v) is 5.59. The van der Waals surface area contributed by atoms with Crippen molar-refractivity contribution in [3.63, 3.8) is 0 Å². The van der Waals surface area contributed by atoms with Crippen LogP contribution in [0.1, 0.15) is 28.1 Å². The van der Waals surface area contributed by atoms with E-state index in [2.05, 4.69) is 39.0 Å². The molecule has 2 aromatic rings. The van der Waals surface area contributed by atoms with Crippen molar-refractivity contribution in [2.45, 2.75) is 40.7 Å². The predicted molar refractivity (Wildman–Crippen MR) is 79.7 cm³/mol. The molecule has 0 unspecified atom stereocenters. The Kier molecular flexibility index (Phi) is 5.90. The molecule has 0 aliphatic rings. The number of nitrogens with zero attached hydrogens (tertiary/aromatic N) is 2. The van der Waals surface area contributed by atoms with Crippen LogP contribution in [0.25, 0.3) is 0 Å². The second kappa shape index (κ2) is 7.03. The minimum atomic E-state index is 0. The SMILES string of the molecule is Cc1cccc(C)c1CC(=O)Cn1c(C)cc(C)[n+]1C.[Br-]. The van der Waals surface area contributed by atoms with Crippen LogP contribution in [0, 0.1) is 27.7 Å². The molecule has 0 spiro atoms. The van der Waals surface area contributed by atoms with Crippen LogP contribution in [0.4, 0.5) is 0 Å². The van der Waals surface area contributed by atoms with Gasteiger partial charge in [-0.15, -0.1) is 4.68 Å². The first-order valence-electron chi connectivity index (χ1n) is 7.00. The third-order valence-corrected chi connectivity index (χ3v) is 4.04. The van der Waals surface area contributed by atoms with Crippen molar-refractivity contribution in [3.8, 4) is 0 Å². The zero-order chi connectivity index (χ0) is 14.9. The maximum absolute atomic E-state index is 12.4. The fraction of sp³-hybridized carbons (Fsp3) is 0.412. The van der Waals surface area contributed by atoms with E-state index in [0.717, 1.165) is 5.69 Å². The van der Waals surface area contributed by atoms with E-state index in [-0.39, 0.29) is 22.8 Å². The van der Waals surface area contributed by atoms with Gasteiger partial charge in [-0.1, -0.05) is 18.2 Å². The van der Waals surface area contributed by atoms with Crippen LogP contribution in [0.15, 0.2) is 24.3 Å². The van der Waals surface area contributed by atoms with E-state index in [1.165, 1.54) is 22.4 Å². The van der Waals surface area contributed by atoms with Crippen molar-refractivity contribution in [2.75, 3.05) is 0 Å². The van der Waals surface area contributed by atoms with Crippen LogP contribution in [0.2, 0.25) is 0 Å². The maximum atomic E-state index is 12.4. The molecule has 0 saturated heterocycles. The van der Waals surface area contributed by atoms with Crippen molar-refractivity contribution < 1.29 is 26.5 Å². The van der Waals surface area contributed by atoms with E-state index in [1.54, 1.807) is 0 Å². The first kappa shape index (κ1) is 17.6. The molecule has 0 atom stereocenters. The molecule has 4 heteroatoms. The monoisotopic (exact) mass is 350 g/mol. The molecule has 1 aromatic heterocycles. The van der Waals surface area contributed by atoms with Gasteiger partial charge in [0.05, 0.1) is 5.69 Å². The molecule has 21 heavy (non-hydrogen) atoms. The fourth-order valence-electron chi connectivity index (χ4n) is 2.68. The van der Waals surface area contributed by atoms with Gasteiger partial charge in [-0.2, -0.15) is 4.68 Å². The van der Waals surface area contributed by atoms with Crippen LogP contribution in [0.3, 0.4) is 0 Å². The van der Waals surface area contributed by atoms with Crippen molar-refractivity contribution >= 4 is 5.78 Å². The summed E-state index contributed by atoms with van der Waals surface area (Å²) >= 11 is 0. The summed E-state index contributed by atoms with van der Waals surface area (Å²) < 4.78 is 4.07. The molecule has 3 nitrogen and oxygen atoms in total. The topological polar surface area (TPSA) is 25.9 Å². The lowest BCUT2D eigenvalue weighted by Crippen LogP contribution is -3.00. The van der Waals surface area contributed by atoms with Crippen molar-refractivity contribution in [2.24, 2.45) is 7.05 Å². The summed E-state index contributed by atoms with van der Waals surface area (Å²) in [6, 6.07) is 8.28. The Hall–Kier alpha value is -1.42. The van der Waals surface area contributed by atoms with Crippen molar-refractivity contribution in [3.05, 3.63) is 52.3 Å². The molecule has 114 valence electrons. The van der Waals surface area contributed by atoms with E-state index in [0.29, 0.717) is 13.0 Å². The average molecular weight is 351 g/mol. The molecular formula is C17H23BrN2O. The first-order valence-corrected chi connectivity index (χ1v) is 7.00. The molecule has 1 heterocycles. The lowest BCUT2D eigenvalue weighted by atomic mass is 9.98. The van der Waals surface area contributed by atoms with Gasteiger partial charge in [-0.25, -0.2) is 0 Å². The molecule has 0 N–H and O–H groups in total. The van der Waals surface area contributed by atoms with E-state index in [1.807, 2.05) is 29.4 Å². The Labute approximate surface area is 137 Å². The minimum absolute atomic E-state index is 0. The summed E-state index contributed by atoms with van der Waals surface area (Å²) in [6.45, 7) is 8.67. The highest BCUT2D eigenvalue weighted by molar-refractivity contribution is 5.81. The zero-order valence-corrected chi connectivity index (χ0v) is 15.0. The Morgan fingerprint density at radius 1 is 1.14 bits per heavy atom.